The summed E-state index contributed by atoms with van der Waals surface area (Å²) in [5.74, 6) is 1.58. The first-order valence-corrected chi connectivity index (χ1v) is 8.86. The SMILES string of the molecule is COc1ccc(Cl)cc1Nc1cc(C)nc(NCCc2ccc(F)cc2)n1. The van der Waals surface area contributed by atoms with E-state index in [0.717, 1.165) is 23.4 Å². The number of nitrogens with one attached hydrogen (secondary N) is 2. The lowest BCUT2D eigenvalue weighted by Gasteiger charge is -2.13. The zero-order valence-corrected chi connectivity index (χ0v) is 15.8. The molecule has 140 valence electrons. The van der Waals surface area contributed by atoms with Crippen LogP contribution in [0.4, 0.5) is 21.8 Å². The zero-order chi connectivity index (χ0) is 19.2. The summed E-state index contributed by atoms with van der Waals surface area (Å²) in [6.07, 6.45) is 0.739. The van der Waals surface area contributed by atoms with E-state index in [9.17, 15) is 4.39 Å². The Balaban J connectivity index is 1.69. The van der Waals surface area contributed by atoms with Gasteiger partial charge in [-0.25, -0.2) is 9.37 Å². The molecule has 7 heteroatoms. The Labute approximate surface area is 162 Å². The van der Waals surface area contributed by atoms with E-state index < -0.39 is 0 Å². The molecule has 1 aromatic heterocycles. The molecule has 0 bridgehead atoms. The van der Waals surface area contributed by atoms with E-state index in [4.69, 9.17) is 16.3 Å². The third kappa shape index (κ3) is 5.31. The summed E-state index contributed by atoms with van der Waals surface area (Å²) >= 11 is 6.07. The molecule has 5 nitrogen and oxygen atoms in total. The van der Waals surface area contributed by atoms with Crippen LogP contribution in [0.5, 0.6) is 5.75 Å². The zero-order valence-electron chi connectivity index (χ0n) is 15.1. The fourth-order valence-corrected chi connectivity index (χ4v) is 2.77. The molecule has 0 saturated heterocycles. The second-order valence-electron chi connectivity index (χ2n) is 5.99. The molecule has 0 amide bonds. The lowest BCUT2D eigenvalue weighted by Crippen LogP contribution is -2.09. The highest BCUT2D eigenvalue weighted by molar-refractivity contribution is 6.31. The third-order valence-corrected chi connectivity index (χ3v) is 4.12. The maximum atomic E-state index is 13.0. The molecule has 0 radical (unpaired) electrons. The van der Waals surface area contributed by atoms with Gasteiger partial charge in [0.2, 0.25) is 5.95 Å². The number of halogens is 2. The fraction of sp³-hybridized carbons (Fsp3) is 0.200. The summed E-state index contributed by atoms with van der Waals surface area (Å²) in [6.45, 7) is 2.53. The number of ether oxygens (including phenoxy) is 1. The van der Waals surface area contributed by atoms with Crippen molar-refractivity contribution in [2.24, 2.45) is 0 Å². The molecule has 2 N–H and O–H groups in total. The molecule has 0 aliphatic rings. The van der Waals surface area contributed by atoms with Crippen LogP contribution in [-0.2, 0) is 6.42 Å². The monoisotopic (exact) mass is 386 g/mol. The molecule has 0 aliphatic carbocycles. The molecule has 27 heavy (non-hydrogen) atoms. The van der Waals surface area contributed by atoms with Gasteiger partial charge >= 0.3 is 0 Å². The summed E-state index contributed by atoms with van der Waals surface area (Å²) in [6, 6.07) is 13.6. The quantitative estimate of drug-likeness (QED) is 0.599. The normalized spacial score (nSPS) is 10.5. The van der Waals surface area contributed by atoms with Gasteiger partial charge in [-0.05, 0) is 49.2 Å². The Hall–Kier alpha value is -2.86. The molecule has 0 aliphatic heterocycles. The number of aromatic nitrogens is 2. The van der Waals surface area contributed by atoms with Gasteiger partial charge < -0.3 is 15.4 Å². The fourth-order valence-electron chi connectivity index (χ4n) is 2.60. The molecule has 0 fully saturated rings. The topological polar surface area (TPSA) is 59.1 Å². The van der Waals surface area contributed by atoms with Gasteiger partial charge in [-0.2, -0.15) is 4.98 Å². The predicted molar refractivity (Wildman–Crippen MR) is 107 cm³/mol. The minimum absolute atomic E-state index is 0.235. The van der Waals surface area contributed by atoms with E-state index in [1.54, 1.807) is 37.4 Å². The molecule has 0 saturated carbocycles. The Kier molecular flexibility index (Phi) is 6.08. The van der Waals surface area contributed by atoms with Gasteiger partial charge in [0.05, 0.1) is 12.8 Å². The first-order chi connectivity index (χ1) is 13.0. The number of benzene rings is 2. The summed E-state index contributed by atoms with van der Waals surface area (Å²) in [4.78, 5) is 8.89. The van der Waals surface area contributed by atoms with E-state index >= 15 is 0 Å². The van der Waals surface area contributed by atoms with E-state index in [2.05, 4.69) is 20.6 Å². The van der Waals surface area contributed by atoms with Crippen LogP contribution in [0, 0.1) is 12.7 Å². The van der Waals surface area contributed by atoms with Gasteiger partial charge in [0, 0.05) is 23.3 Å². The van der Waals surface area contributed by atoms with Crippen molar-refractivity contribution < 1.29 is 9.13 Å². The van der Waals surface area contributed by atoms with Crippen molar-refractivity contribution >= 4 is 29.1 Å². The molecule has 0 atom stereocenters. The van der Waals surface area contributed by atoms with E-state index in [-0.39, 0.29) is 5.82 Å². The number of hydrogen-bond donors (Lipinski definition) is 2. The summed E-state index contributed by atoms with van der Waals surface area (Å²) in [7, 11) is 1.60. The molecule has 3 aromatic rings. The molecule has 0 spiro atoms. The average molecular weight is 387 g/mol. The molecule has 0 unspecified atom stereocenters. The van der Waals surface area contributed by atoms with Crippen molar-refractivity contribution in [1.82, 2.24) is 9.97 Å². The maximum Gasteiger partial charge on any atom is 0.224 e. The molecule has 1 heterocycles. The van der Waals surface area contributed by atoms with Crippen LogP contribution in [0.2, 0.25) is 5.02 Å². The lowest BCUT2D eigenvalue weighted by molar-refractivity contribution is 0.417. The molecule has 2 aromatic carbocycles. The van der Waals surface area contributed by atoms with Crippen LogP contribution in [-0.4, -0.2) is 23.6 Å². The Morgan fingerprint density at radius 3 is 2.59 bits per heavy atom. The van der Waals surface area contributed by atoms with Gasteiger partial charge in [0.1, 0.15) is 17.4 Å². The Morgan fingerprint density at radius 1 is 1.07 bits per heavy atom. The van der Waals surface area contributed by atoms with Crippen molar-refractivity contribution in [3.8, 4) is 5.75 Å². The van der Waals surface area contributed by atoms with Crippen molar-refractivity contribution in [3.05, 3.63) is 70.6 Å². The van der Waals surface area contributed by atoms with Crippen molar-refractivity contribution in [1.29, 1.82) is 0 Å². The van der Waals surface area contributed by atoms with Gasteiger partial charge in [0.25, 0.3) is 0 Å². The maximum absolute atomic E-state index is 13.0. The minimum atomic E-state index is -0.235. The van der Waals surface area contributed by atoms with Crippen molar-refractivity contribution in [2.75, 3.05) is 24.3 Å². The van der Waals surface area contributed by atoms with Gasteiger partial charge in [-0.15, -0.1) is 0 Å². The average Bonchev–Trinajstić information content (AvgIpc) is 2.63. The van der Waals surface area contributed by atoms with Crippen LogP contribution >= 0.6 is 11.6 Å². The van der Waals surface area contributed by atoms with E-state index in [1.807, 2.05) is 13.0 Å². The number of nitrogens with zero attached hydrogens (tertiary/aromatic N) is 2. The summed E-state index contributed by atoms with van der Waals surface area (Å²) in [5.41, 5.74) is 2.58. The lowest BCUT2D eigenvalue weighted by atomic mass is 10.1. The van der Waals surface area contributed by atoms with Crippen molar-refractivity contribution in [2.45, 2.75) is 13.3 Å². The van der Waals surface area contributed by atoms with E-state index in [1.165, 1.54) is 12.1 Å². The second-order valence-corrected chi connectivity index (χ2v) is 6.43. The van der Waals surface area contributed by atoms with Crippen LogP contribution in [0.3, 0.4) is 0 Å². The Bertz CT molecular complexity index is 918. The van der Waals surface area contributed by atoms with Crippen LogP contribution in [0.25, 0.3) is 0 Å². The van der Waals surface area contributed by atoms with Gasteiger partial charge in [-0.1, -0.05) is 23.7 Å². The second kappa shape index (κ2) is 8.68. The number of methoxy groups -OCH3 is 1. The van der Waals surface area contributed by atoms with Crippen LogP contribution in [0.1, 0.15) is 11.3 Å². The van der Waals surface area contributed by atoms with Crippen LogP contribution < -0.4 is 15.4 Å². The first-order valence-electron chi connectivity index (χ1n) is 8.48. The van der Waals surface area contributed by atoms with Crippen molar-refractivity contribution in [3.63, 3.8) is 0 Å². The number of anilines is 3. The third-order valence-electron chi connectivity index (χ3n) is 3.89. The highest BCUT2D eigenvalue weighted by Gasteiger charge is 2.07. The molecule has 3 rings (SSSR count). The predicted octanol–water partition coefficient (Wildman–Crippen LogP) is 4.98. The molecular formula is C20H20ClFN4O. The number of rotatable bonds is 7. The van der Waals surface area contributed by atoms with Crippen LogP contribution in [0.15, 0.2) is 48.5 Å². The standard InChI is InChI=1S/C20H20ClFN4O/c1-13-11-19(25-17-12-15(21)5-8-18(17)27-2)26-20(24-13)23-10-9-14-3-6-16(22)7-4-14/h3-8,11-12H,9-10H2,1-2H3,(H2,23,24,25,26). The smallest absolute Gasteiger partial charge is 0.224 e. The first kappa shape index (κ1) is 18.9. The van der Waals surface area contributed by atoms with E-state index in [0.29, 0.717) is 29.1 Å². The molecular weight excluding hydrogens is 367 g/mol. The number of hydrogen-bond acceptors (Lipinski definition) is 5. The highest BCUT2D eigenvalue weighted by atomic mass is 35.5. The van der Waals surface area contributed by atoms with Gasteiger partial charge in [-0.3, -0.25) is 0 Å². The number of aryl methyl sites for hydroxylation is 1. The largest absolute Gasteiger partial charge is 0.495 e. The highest BCUT2D eigenvalue weighted by Crippen LogP contribution is 2.30. The minimum Gasteiger partial charge on any atom is -0.495 e. The van der Waals surface area contributed by atoms with Gasteiger partial charge in [0.15, 0.2) is 0 Å². The summed E-state index contributed by atoms with van der Waals surface area (Å²) < 4.78 is 18.3. The Morgan fingerprint density at radius 2 is 1.85 bits per heavy atom. The summed E-state index contributed by atoms with van der Waals surface area (Å²) in [5, 5.41) is 7.02.